The van der Waals surface area contributed by atoms with Crippen LogP contribution in [0.1, 0.15) is 16.7 Å². The first-order chi connectivity index (χ1) is 9.11. The van der Waals surface area contributed by atoms with E-state index in [2.05, 4.69) is 6.07 Å². The van der Waals surface area contributed by atoms with Gasteiger partial charge in [0.2, 0.25) is 0 Å². The van der Waals surface area contributed by atoms with Crippen LogP contribution in [0.5, 0.6) is 0 Å². The number of rotatable bonds is 3. The molecule has 0 saturated heterocycles. The topological polar surface area (TPSA) is 27.0 Å². The van der Waals surface area contributed by atoms with Gasteiger partial charge < -0.3 is 4.90 Å². The highest BCUT2D eigenvalue weighted by molar-refractivity contribution is 6.31. The summed E-state index contributed by atoms with van der Waals surface area (Å²) in [5.74, 6) is 0. The molecule has 0 saturated carbocycles. The zero-order chi connectivity index (χ0) is 13.8. The van der Waals surface area contributed by atoms with Gasteiger partial charge in [0.15, 0.2) is 0 Å². The maximum atomic E-state index is 9.12. The number of anilines is 1. The molecular weight excluding hydrogens is 256 g/mol. The van der Waals surface area contributed by atoms with E-state index in [0.717, 1.165) is 21.8 Å². The smallest absolute Gasteiger partial charge is 0.101 e. The van der Waals surface area contributed by atoms with Crippen molar-refractivity contribution in [2.45, 2.75) is 13.5 Å². The molecule has 0 aliphatic carbocycles. The average Bonchev–Trinajstić information content (AvgIpc) is 2.41. The van der Waals surface area contributed by atoms with Gasteiger partial charge in [0.25, 0.3) is 0 Å². The van der Waals surface area contributed by atoms with Crippen LogP contribution in [0.15, 0.2) is 42.5 Å². The largest absolute Gasteiger partial charge is 0.369 e. The number of halogens is 1. The van der Waals surface area contributed by atoms with E-state index >= 15 is 0 Å². The fraction of sp³-hybridized carbons (Fsp3) is 0.188. The Labute approximate surface area is 118 Å². The highest BCUT2D eigenvalue weighted by Gasteiger charge is 2.09. The van der Waals surface area contributed by atoms with E-state index in [1.165, 1.54) is 0 Å². The lowest BCUT2D eigenvalue weighted by Gasteiger charge is -2.21. The van der Waals surface area contributed by atoms with Gasteiger partial charge in [-0.15, -0.1) is 0 Å². The number of para-hydroxylation sites is 1. The lowest BCUT2D eigenvalue weighted by atomic mass is 10.1. The molecule has 2 nitrogen and oxygen atoms in total. The summed E-state index contributed by atoms with van der Waals surface area (Å²) < 4.78 is 0. The molecule has 2 aromatic carbocycles. The number of nitriles is 1. The van der Waals surface area contributed by atoms with E-state index in [4.69, 9.17) is 16.9 Å². The fourth-order valence-corrected chi connectivity index (χ4v) is 2.32. The van der Waals surface area contributed by atoms with Crippen LogP contribution in [-0.4, -0.2) is 7.05 Å². The molecule has 0 radical (unpaired) electrons. The molecule has 0 aliphatic heterocycles. The van der Waals surface area contributed by atoms with Crippen LogP contribution >= 0.6 is 11.6 Å². The fourth-order valence-electron chi connectivity index (χ4n) is 2.02. The molecule has 3 heteroatoms. The molecule has 0 heterocycles. The van der Waals surface area contributed by atoms with E-state index in [-0.39, 0.29) is 0 Å². The standard InChI is InChI=1S/C16H15ClN2/c1-12-7-8-14(15(17)9-12)11-19(2)16-6-4-3-5-13(16)10-18/h3-9H,11H2,1-2H3. The number of nitrogens with zero attached hydrogens (tertiary/aromatic N) is 2. The van der Waals surface area contributed by atoms with Crippen molar-refractivity contribution in [1.82, 2.24) is 0 Å². The summed E-state index contributed by atoms with van der Waals surface area (Å²) in [6, 6.07) is 15.8. The first-order valence-electron chi connectivity index (χ1n) is 6.07. The zero-order valence-electron chi connectivity index (χ0n) is 11.0. The van der Waals surface area contributed by atoms with Crippen LogP contribution in [0.4, 0.5) is 5.69 Å². The van der Waals surface area contributed by atoms with Crippen molar-refractivity contribution in [2.24, 2.45) is 0 Å². The van der Waals surface area contributed by atoms with Gasteiger partial charge in [0.1, 0.15) is 6.07 Å². The molecule has 19 heavy (non-hydrogen) atoms. The maximum Gasteiger partial charge on any atom is 0.101 e. The van der Waals surface area contributed by atoms with E-state index in [1.807, 2.05) is 61.3 Å². The Kier molecular flexibility index (Phi) is 4.09. The van der Waals surface area contributed by atoms with Crippen molar-refractivity contribution in [3.05, 3.63) is 64.2 Å². The van der Waals surface area contributed by atoms with Crippen LogP contribution in [0.3, 0.4) is 0 Å². The molecule has 0 aromatic heterocycles. The number of hydrogen-bond donors (Lipinski definition) is 0. The second-order valence-corrected chi connectivity index (χ2v) is 4.99. The Hall–Kier alpha value is -1.98. The second kappa shape index (κ2) is 5.77. The third-order valence-electron chi connectivity index (χ3n) is 3.05. The molecular formula is C16H15ClN2. The molecule has 96 valence electrons. The predicted molar refractivity (Wildman–Crippen MR) is 79.5 cm³/mol. The van der Waals surface area contributed by atoms with Crippen LogP contribution in [0, 0.1) is 18.3 Å². The zero-order valence-corrected chi connectivity index (χ0v) is 11.8. The van der Waals surface area contributed by atoms with Crippen LogP contribution in [0.25, 0.3) is 0 Å². The normalized spacial score (nSPS) is 10.0. The molecule has 0 fully saturated rings. The summed E-state index contributed by atoms with van der Waals surface area (Å²) >= 11 is 6.24. The SMILES string of the molecule is Cc1ccc(CN(C)c2ccccc2C#N)c(Cl)c1. The van der Waals surface area contributed by atoms with Gasteiger partial charge >= 0.3 is 0 Å². The maximum absolute atomic E-state index is 9.12. The van der Waals surface area contributed by atoms with Crippen molar-refractivity contribution < 1.29 is 0 Å². The minimum absolute atomic E-state index is 0.674. The van der Waals surface area contributed by atoms with Crippen LogP contribution in [-0.2, 0) is 6.54 Å². The van der Waals surface area contributed by atoms with Gasteiger partial charge in [0, 0.05) is 18.6 Å². The third-order valence-corrected chi connectivity index (χ3v) is 3.40. The first kappa shape index (κ1) is 13.5. The van der Waals surface area contributed by atoms with Gasteiger partial charge in [-0.3, -0.25) is 0 Å². The highest BCUT2D eigenvalue weighted by atomic mass is 35.5. The van der Waals surface area contributed by atoms with E-state index < -0.39 is 0 Å². The molecule has 0 unspecified atom stereocenters. The lowest BCUT2D eigenvalue weighted by Crippen LogP contribution is -2.17. The molecule has 2 rings (SSSR count). The highest BCUT2D eigenvalue weighted by Crippen LogP contribution is 2.24. The summed E-state index contributed by atoms with van der Waals surface area (Å²) in [5, 5.41) is 9.89. The van der Waals surface area contributed by atoms with Gasteiger partial charge in [-0.25, -0.2) is 0 Å². The predicted octanol–water partition coefficient (Wildman–Crippen LogP) is 4.16. The van der Waals surface area contributed by atoms with Gasteiger partial charge in [0.05, 0.1) is 11.3 Å². The lowest BCUT2D eigenvalue weighted by molar-refractivity contribution is 0.920. The quantitative estimate of drug-likeness (QED) is 0.837. The molecule has 0 bridgehead atoms. The Morgan fingerprint density at radius 3 is 2.63 bits per heavy atom. The Bertz CT molecular complexity index is 629. The third kappa shape index (κ3) is 3.07. The molecule has 0 spiro atoms. The van der Waals surface area contributed by atoms with E-state index in [0.29, 0.717) is 12.1 Å². The average molecular weight is 271 g/mol. The minimum Gasteiger partial charge on any atom is -0.369 e. The van der Waals surface area contributed by atoms with E-state index in [1.54, 1.807) is 0 Å². The van der Waals surface area contributed by atoms with Crippen molar-refractivity contribution in [1.29, 1.82) is 5.26 Å². The van der Waals surface area contributed by atoms with Gasteiger partial charge in [-0.1, -0.05) is 35.9 Å². The second-order valence-electron chi connectivity index (χ2n) is 4.58. The summed E-state index contributed by atoms with van der Waals surface area (Å²) in [6.07, 6.45) is 0. The molecule has 2 aromatic rings. The summed E-state index contributed by atoms with van der Waals surface area (Å²) in [6.45, 7) is 2.70. The number of aryl methyl sites for hydroxylation is 1. The van der Waals surface area contributed by atoms with Crippen molar-refractivity contribution >= 4 is 17.3 Å². The minimum atomic E-state index is 0.674. The first-order valence-corrected chi connectivity index (χ1v) is 6.45. The van der Waals surface area contributed by atoms with Gasteiger partial charge in [-0.05, 0) is 36.2 Å². The number of hydrogen-bond acceptors (Lipinski definition) is 2. The molecule has 0 atom stereocenters. The number of benzene rings is 2. The van der Waals surface area contributed by atoms with Crippen molar-refractivity contribution in [3.8, 4) is 6.07 Å². The van der Waals surface area contributed by atoms with Crippen molar-refractivity contribution in [2.75, 3.05) is 11.9 Å². The van der Waals surface area contributed by atoms with Gasteiger partial charge in [-0.2, -0.15) is 5.26 Å². The molecule has 0 amide bonds. The summed E-state index contributed by atoms with van der Waals surface area (Å²) in [5.41, 5.74) is 3.80. The van der Waals surface area contributed by atoms with Crippen LogP contribution in [0.2, 0.25) is 5.02 Å². The summed E-state index contributed by atoms with van der Waals surface area (Å²) in [7, 11) is 1.96. The van der Waals surface area contributed by atoms with E-state index in [9.17, 15) is 0 Å². The Morgan fingerprint density at radius 2 is 1.95 bits per heavy atom. The van der Waals surface area contributed by atoms with Crippen LogP contribution < -0.4 is 4.90 Å². The molecule has 0 N–H and O–H groups in total. The van der Waals surface area contributed by atoms with Crippen molar-refractivity contribution in [3.63, 3.8) is 0 Å². The Balaban J connectivity index is 2.26. The monoisotopic (exact) mass is 270 g/mol. The Morgan fingerprint density at radius 1 is 1.21 bits per heavy atom. The summed E-state index contributed by atoms with van der Waals surface area (Å²) in [4.78, 5) is 2.04. The molecule has 0 aliphatic rings.